The maximum absolute atomic E-state index is 12.6. The Morgan fingerprint density at radius 1 is 1.25 bits per heavy atom. The Hall–Kier alpha value is -2.79. The molecule has 146 valence electrons. The van der Waals surface area contributed by atoms with Gasteiger partial charge in [-0.15, -0.1) is 0 Å². The topological polar surface area (TPSA) is 64.8 Å². The van der Waals surface area contributed by atoms with Gasteiger partial charge in [0.25, 0.3) is 0 Å². The number of ether oxygens (including phenoxy) is 2. The van der Waals surface area contributed by atoms with E-state index in [1.54, 1.807) is 7.11 Å². The molecule has 4 rings (SSSR count). The van der Waals surface area contributed by atoms with E-state index in [-0.39, 0.29) is 11.3 Å². The standard InChI is InChI=1S/C23H26N2O3/c1-23(2)11-16-13-25(12-15-7-5-4-6-8-15)21(22(24)26)20-17(27-3)9-10-18(19(16)20)28-14-23/h4-11,21H,12-14H2,1-3H3,(H2,24,26). The first-order valence-corrected chi connectivity index (χ1v) is 9.53. The van der Waals surface area contributed by atoms with E-state index in [9.17, 15) is 4.79 Å². The molecule has 1 amide bonds. The normalized spacial score (nSPS) is 20.4. The van der Waals surface area contributed by atoms with Gasteiger partial charge in [-0.3, -0.25) is 9.69 Å². The number of hydrogen-bond acceptors (Lipinski definition) is 4. The monoisotopic (exact) mass is 378 g/mol. The van der Waals surface area contributed by atoms with Crippen molar-refractivity contribution < 1.29 is 14.3 Å². The van der Waals surface area contributed by atoms with Gasteiger partial charge < -0.3 is 15.2 Å². The van der Waals surface area contributed by atoms with Gasteiger partial charge in [-0.1, -0.05) is 50.3 Å². The van der Waals surface area contributed by atoms with Gasteiger partial charge in [-0.2, -0.15) is 0 Å². The molecular formula is C23H26N2O3. The summed E-state index contributed by atoms with van der Waals surface area (Å²) in [5.41, 5.74) is 9.84. The van der Waals surface area contributed by atoms with Crippen molar-refractivity contribution in [3.05, 3.63) is 65.2 Å². The number of nitrogens with two attached hydrogens (primary N) is 1. The Kier molecular flexibility index (Phi) is 4.63. The lowest BCUT2D eigenvalue weighted by Crippen LogP contribution is -2.42. The van der Waals surface area contributed by atoms with Crippen LogP contribution in [-0.2, 0) is 11.3 Å². The number of carbonyl (C=O) groups excluding carboxylic acids is 1. The van der Waals surface area contributed by atoms with Gasteiger partial charge in [0.2, 0.25) is 5.91 Å². The summed E-state index contributed by atoms with van der Waals surface area (Å²) in [7, 11) is 1.62. The number of rotatable bonds is 4. The van der Waals surface area contributed by atoms with Gasteiger partial charge in [0, 0.05) is 29.6 Å². The van der Waals surface area contributed by atoms with Gasteiger partial charge in [-0.05, 0) is 23.3 Å². The molecular weight excluding hydrogens is 352 g/mol. The van der Waals surface area contributed by atoms with Crippen LogP contribution in [0.25, 0.3) is 5.57 Å². The molecule has 2 aromatic carbocycles. The summed E-state index contributed by atoms with van der Waals surface area (Å²) in [6.45, 7) is 6.15. The lowest BCUT2D eigenvalue weighted by atomic mass is 9.83. The highest BCUT2D eigenvalue weighted by Gasteiger charge is 2.40. The molecule has 2 aromatic rings. The van der Waals surface area contributed by atoms with E-state index in [1.807, 2.05) is 30.3 Å². The molecule has 0 bridgehead atoms. The molecule has 5 heteroatoms. The molecule has 0 aliphatic carbocycles. The maximum Gasteiger partial charge on any atom is 0.239 e. The smallest absolute Gasteiger partial charge is 0.239 e. The third-order valence-corrected chi connectivity index (χ3v) is 5.38. The van der Waals surface area contributed by atoms with Crippen LogP contribution in [0.4, 0.5) is 0 Å². The quantitative estimate of drug-likeness (QED) is 0.884. The third kappa shape index (κ3) is 3.27. The lowest BCUT2D eigenvalue weighted by Gasteiger charge is -2.38. The molecule has 0 radical (unpaired) electrons. The van der Waals surface area contributed by atoms with Crippen LogP contribution in [0.1, 0.15) is 36.6 Å². The number of methoxy groups -OCH3 is 1. The third-order valence-electron chi connectivity index (χ3n) is 5.38. The zero-order valence-corrected chi connectivity index (χ0v) is 16.6. The van der Waals surface area contributed by atoms with Crippen molar-refractivity contribution >= 4 is 11.5 Å². The Bertz CT molecular complexity index is 934. The fourth-order valence-corrected chi connectivity index (χ4v) is 4.24. The number of hydrogen-bond donors (Lipinski definition) is 1. The molecule has 0 saturated carbocycles. The van der Waals surface area contributed by atoms with Crippen LogP contribution >= 0.6 is 0 Å². The molecule has 2 aliphatic rings. The number of amides is 1. The van der Waals surface area contributed by atoms with E-state index < -0.39 is 6.04 Å². The van der Waals surface area contributed by atoms with E-state index >= 15 is 0 Å². The molecule has 2 heterocycles. The second-order valence-corrected chi connectivity index (χ2v) is 8.20. The average Bonchev–Trinajstić information content (AvgIpc) is 2.79. The second-order valence-electron chi connectivity index (χ2n) is 8.20. The molecule has 0 saturated heterocycles. The molecule has 0 aromatic heterocycles. The highest BCUT2D eigenvalue weighted by molar-refractivity contribution is 5.89. The van der Waals surface area contributed by atoms with Crippen molar-refractivity contribution in [2.75, 3.05) is 20.3 Å². The summed E-state index contributed by atoms with van der Waals surface area (Å²) in [4.78, 5) is 14.7. The van der Waals surface area contributed by atoms with Crippen LogP contribution in [0, 0.1) is 5.41 Å². The summed E-state index contributed by atoms with van der Waals surface area (Å²) in [6.07, 6.45) is 2.26. The van der Waals surface area contributed by atoms with Crippen LogP contribution in [0.15, 0.2) is 48.5 Å². The van der Waals surface area contributed by atoms with Crippen LogP contribution < -0.4 is 15.2 Å². The molecule has 1 atom stereocenters. The van der Waals surface area contributed by atoms with Gasteiger partial charge in [0.1, 0.15) is 17.5 Å². The minimum Gasteiger partial charge on any atom is -0.496 e. The first kappa shape index (κ1) is 18.6. The van der Waals surface area contributed by atoms with E-state index in [4.69, 9.17) is 15.2 Å². The van der Waals surface area contributed by atoms with Crippen molar-refractivity contribution in [2.45, 2.75) is 26.4 Å². The van der Waals surface area contributed by atoms with E-state index in [2.05, 4.69) is 37.0 Å². The SMILES string of the molecule is COc1ccc2c3c1C(C(N)=O)N(Cc1ccccc1)CC3=CC(C)(C)CO2. The van der Waals surface area contributed by atoms with Gasteiger partial charge in [0.15, 0.2) is 0 Å². The summed E-state index contributed by atoms with van der Waals surface area (Å²) >= 11 is 0. The Labute approximate surface area is 165 Å². The average molecular weight is 378 g/mol. The second kappa shape index (κ2) is 6.99. The molecule has 0 spiro atoms. The minimum atomic E-state index is -0.577. The largest absolute Gasteiger partial charge is 0.496 e. The van der Waals surface area contributed by atoms with Crippen LogP contribution in [0.2, 0.25) is 0 Å². The minimum absolute atomic E-state index is 0.114. The van der Waals surface area contributed by atoms with E-state index in [0.717, 1.165) is 28.0 Å². The molecule has 1 unspecified atom stereocenters. The number of nitrogens with zero attached hydrogens (tertiary/aromatic N) is 1. The number of benzene rings is 2. The molecule has 2 N–H and O–H groups in total. The first-order valence-electron chi connectivity index (χ1n) is 9.53. The predicted molar refractivity (Wildman–Crippen MR) is 109 cm³/mol. The summed E-state index contributed by atoms with van der Waals surface area (Å²) < 4.78 is 11.8. The van der Waals surface area contributed by atoms with Gasteiger partial charge >= 0.3 is 0 Å². The van der Waals surface area contributed by atoms with Crippen molar-refractivity contribution in [3.63, 3.8) is 0 Å². The fraction of sp³-hybridized carbons (Fsp3) is 0.348. The maximum atomic E-state index is 12.6. The van der Waals surface area contributed by atoms with E-state index in [0.29, 0.717) is 25.4 Å². The molecule has 5 nitrogen and oxygen atoms in total. The Balaban J connectivity index is 1.90. The zero-order valence-electron chi connectivity index (χ0n) is 16.6. The summed E-state index contributed by atoms with van der Waals surface area (Å²) in [5.74, 6) is 1.07. The molecule has 2 aliphatic heterocycles. The summed E-state index contributed by atoms with van der Waals surface area (Å²) in [5, 5.41) is 0. The molecule has 28 heavy (non-hydrogen) atoms. The van der Waals surface area contributed by atoms with Gasteiger partial charge in [-0.25, -0.2) is 0 Å². The van der Waals surface area contributed by atoms with Crippen molar-refractivity contribution in [2.24, 2.45) is 11.1 Å². The van der Waals surface area contributed by atoms with Crippen LogP contribution in [0.5, 0.6) is 11.5 Å². The van der Waals surface area contributed by atoms with Crippen LogP contribution in [-0.4, -0.2) is 31.1 Å². The lowest BCUT2D eigenvalue weighted by molar-refractivity contribution is -0.123. The number of primary amides is 1. The van der Waals surface area contributed by atoms with Crippen molar-refractivity contribution in [1.29, 1.82) is 0 Å². The first-order chi connectivity index (χ1) is 13.4. The predicted octanol–water partition coefficient (Wildman–Crippen LogP) is 3.54. The Morgan fingerprint density at radius 3 is 2.68 bits per heavy atom. The highest BCUT2D eigenvalue weighted by atomic mass is 16.5. The molecule has 0 fully saturated rings. The van der Waals surface area contributed by atoms with Gasteiger partial charge in [0.05, 0.1) is 13.7 Å². The zero-order chi connectivity index (χ0) is 19.9. The number of carbonyl (C=O) groups is 1. The Morgan fingerprint density at radius 2 is 2.00 bits per heavy atom. The van der Waals surface area contributed by atoms with Crippen molar-refractivity contribution in [1.82, 2.24) is 4.90 Å². The fourth-order valence-electron chi connectivity index (χ4n) is 4.24. The highest BCUT2D eigenvalue weighted by Crippen LogP contribution is 2.48. The van der Waals surface area contributed by atoms with Crippen LogP contribution in [0.3, 0.4) is 0 Å². The van der Waals surface area contributed by atoms with Crippen molar-refractivity contribution in [3.8, 4) is 11.5 Å². The summed E-state index contributed by atoms with van der Waals surface area (Å²) in [6, 6.07) is 13.4. The van der Waals surface area contributed by atoms with E-state index in [1.165, 1.54) is 0 Å².